The van der Waals surface area contributed by atoms with E-state index < -0.39 is 0 Å². The fourth-order valence-electron chi connectivity index (χ4n) is 4.80. The molecule has 4 nitrogen and oxygen atoms in total. The second kappa shape index (κ2) is 25.8. The van der Waals surface area contributed by atoms with Gasteiger partial charge in [0, 0.05) is 18.5 Å². The van der Waals surface area contributed by atoms with E-state index in [0.717, 1.165) is 78.3 Å². The summed E-state index contributed by atoms with van der Waals surface area (Å²) in [7, 11) is 0. The molecule has 0 saturated carbocycles. The number of benzene rings is 2. The van der Waals surface area contributed by atoms with Crippen molar-refractivity contribution in [1.29, 1.82) is 0 Å². The lowest BCUT2D eigenvalue weighted by molar-refractivity contribution is 0.0335. The van der Waals surface area contributed by atoms with Crippen LogP contribution >= 0.6 is 95.6 Å². The first-order valence-corrected chi connectivity index (χ1v) is 21.6. The third-order valence-corrected chi connectivity index (χ3v) is 10.9. The van der Waals surface area contributed by atoms with Gasteiger partial charge in [0.1, 0.15) is 30.8 Å². The summed E-state index contributed by atoms with van der Waals surface area (Å²) in [4.78, 5) is 0.128. The molecule has 256 valence electrons. The van der Waals surface area contributed by atoms with Crippen molar-refractivity contribution in [1.82, 2.24) is 0 Å². The molecule has 0 aliphatic heterocycles. The van der Waals surface area contributed by atoms with Gasteiger partial charge in [0.2, 0.25) is 0 Å². The lowest BCUT2D eigenvalue weighted by Crippen LogP contribution is -2.24. The first-order valence-electron chi connectivity index (χ1n) is 16.4. The molecule has 2 aromatic rings. The molecular weight excluding hydrogens is 964 g/mol. The van der Waals surface area contributed by atoms with E-state index in [1.165, 1.54) is 64.2 Å². The highest BCUT2D eigenvalue weighted by Crippen LogP contribution is 2.38. The van der Waals surface area contributed by atoms with Gasteiger partial charge in [-0.3, -0.25) is 0 Å². The zero-order chi connectivity index (χ0) is 32.9. The largest absolute Gasteiger partial charge is 0.490 e. The maximum atomic E-state index is 6.20. The second-order valence-electron chi connectivity index (χ2n) is 11.4. The van der Waals surface area contributed by atoms with Crippen LogP contribution in [0.1, 0.15) is 102 Å². The number of hydrogen-bond donors (Lipinski definition) is 0. The Morgan fingerprint density at radius 2 is 1.02 bits per heavy atom. The Hall–Kier alpha value is 0.840. The monoisotopic (exact) mass is 1010 g/mol. The first-order chi connectivity index (χ1) is 21.8. The SMILES string of the molecule is CCCCCCCCOCC(Br)COc1c(Br)cc(Cc2cc(Br)c(OCC(CBr)OCCCCCCCC)c(Br)c2)cc1Br. The highest BCUT2D eigenvalue weighted by Gasteiger charge is 2.16. The molecule has 2 rings (SSSR count). The molecule has 0 fully saturated rings. The Labute approximate surface area is 323 Å². The Balaban J connectivity index is 1.82. The van der Waals surface area contributed by atoms with Crippen molar-refractivity contribution in [2.75, 3.05) is 38.4 Å². The van der Waals surface area contributed by atoms with E-state index in [9.17, 15) is 0 Å². The Morgan fingerprint density at radius 3 is 1.51 bits per heavy atom. The highest BCUT2D eigenvalue weighted by atomic mass is 79.9. The third-order valence-electron chi connectivity index (χ3n) is 7.31. The van der Waals surface area contributed by atoms with Crippen LogP contribution in [-0.2, 0) is 15.9 Å². The summed E-state index contributed by atoms with van der Waals surface area (Å²) in [5.41, 5.74) is 2.32. The summed E-state index contributed by atoms with van der Waals surface area (Å²) < 4.78 is 27.9. The van der Waals surface area contributed by atoms with Crippen LogP contribution in [0.2, 0.25) is 0 Å². The molecule has 0 aliphatic rings. The van der Waals surface area contributed by atoms with Gasteiger partial charge in [-0.05, 0) is 118 Å². The number of halogens is 6. The van der Waals surface area contributed by atoms with E-state index in [1.54, 1.807) is 0 Å². The van der Waals surface area contributed by atoms with Crippen LogP contribution in [0.3, 0.4) is 0 Å². The van der Waals surface area contributed by atoms with Gasteiger partial charge in [0.15, 0.2) is 0 Å². The topological polar surface area (TPSA) is 36.9 Å². The molecule has 2 aromatic carbocycles. The molecule has 0 aliphatic carbocycles. The lowest BCUT2D eigenvalue weighted by atomic mass is 10.0. The quantitative estimate of drug-likeness (QED) is 0.0695. The van der Waals surface area contributed by atoms with Crippen molar-refractivity contribution in [3.63, 3.8) is 0 Å². The molecule has 10 heteroatoms. The van der Waals surface area contributed by atoms with Crippen LogP contribution in [0.5, 0.6) is 11.5 Å². The first kappa shape index (κ1) is 42.0. The van der Waals surface area contributed by atoms with Gasteiger partial charge >= 0.3 is 0 Å². The summed E-state index contributed by atoms with van der Waals surface area (Å²) in [5.74, 6) is 1.59. The minimum absolute atomic E-state index is 0.00649. The van der Waals surface area contributed by atoms with E-state index in [-0.39, 0.29) is 10.9 Å². The van der Waals surface area contributed by atoms with Crippen LogP contribution in [0, 0.1) is 0 Å². The maximum Gasteiger partial charge on any atom is 0.147 e. The zero-order valence-corrected chi connectivity index (χ0v) is 36.3. The van der Waals surface area contributed by atoms with Gasteiger partial charge in [0.25, 0.3) is 0 Å². The standard InChI is InChI=1S/C35H50Br6O4/c1-3-5-7-9-11-13-15-42-23-28(37)24-44-34-30(38)18-26(19-31(34)39)17-27-20-32(40)35(33(41)21-27)45-25-29(22-36)43-16-14-12-10-8-6-4-2/h18-21,28-29H,3-17,22-25H2,1-2H3. The van der Waals surface area contributed by atoms with Crippen LogP contribution in [0.25, 0.3) is 0 Å². The summed E-state index contributed by atoms with van der Waals surface area (Å²) in [5, 5.41) is 0.739. The predicted molar refractivity (Wildman–Crippen MR) is 211 cm³/mol. The average molecular weight is 1010 g/mol. The van der Waals surface area contributed by atoms with Crippen molar-refractivity contribution in [3.05, 3.63) is 53.3 Å². The molecule has 2 atom stereocenters. The van der Waals surface area contributed by atoms with E-state index in [1.807, 2.05) is 0 Å². The molecular formula is C35H50Br6O4. The molecule has 2 unspecified atom stereocenters. The highest BCUT2D eigenvalue weighted by molar-refractivity contribution is 9.11. The fourth-order valence-corrected chi connectivity index (χ4v) is 8.52. The minimum Gasteiger partial charge on any atom is -0.490 e. The van der Waals surface area contributed by atoms with E-state index in [2.05, 4.69) is 134 Å². The minimum atomic E-state index is 0.00649. The molecule has 0 radical (unpaired) electrons. The number of unbranched alkanes of at least 4 members (excludes halogenated alkanes) is 10. The van der Waals surface area contributed by atoms with Gasteiger partial charge < -0.3 is 18.9 Å². The van der Waals surface area contributed by atoms with E-state index in [4.69, 9.17) is 18.9 Å². The second-order valence-corrected chi connectivity index (χ2v) is 16.8. The number of hydrogen-bond acceptors (Lipinski definition) is 4. The number of alkyl halides is 2. The number of ether oxygens (including phenoxy) is 4. The Morgan fingerprint density at radius 1 is 0.578 bits per heavy atom. The molecule has 0 aromatic heterocycles. The summed E-state index contributed by atoms with van der Waals surface area (Å²) in [6.07, 6.45) is 15.9. The summed E-state index contributed by atoms with van der Waals surface area (Å²) in [6, 6.07) is 8.47. The van der Waals surface area contributed by atoms with Crippen LogP contribution in [0.4, 0.5) is 0 Å². The number of rotatable bonds is 26. The van der Waals surface area contributed by atoms with Gasteiger partial charge in [-0.25, -0.2) is 0 Å². The van der Waals surface area contributed by atoms with E-state index >= 15 is 0 Å². The van der Waals surface area contributed by atoms with Gasteiger partial charge in [0.05, 0.1) is 29.3 Å². The van der Waals surface area contributed by atoms with Crippen LogP contribution < -0.4 is 9.47 Å². The molecule has 0 amide bonds. The molecule has 45 heavy (non-hydrogen) atoms. The maximum absolute atomic E-state index is 6.20. The fraction of sp³-hybridized carbons (Fsp3) is 0.657. The van der Waals surface area contributed by atoms with Gasteiger partial charge in [-0.1, -0.05) is 110 Å². The molecule has 0 saturated heterocycles. The van der Waals surface area contributed by atoms with Crippen molar-refractivity contribution in [2.24, 2.45) is 0 Å². The van der Waals surface area contributed by atoms with Crippen LogP contribution in [-0.4, -0.2) is 49.3 Å². The van der Waals surface area contributed by atoms with Crippen molar-refractivity contribution >= 4 is 95.6 Å². The summed E-state index contributed by atoms with van der Waals surface area (Å²) >= 11 is 22.2. The molecule has 0 N–H and O–H groups in total. The van der Waals surface area contributed by atoms with E-state index in [0.29, 0.717) is 19.8 Å². The lowest BCUT2D eigenvalue weighted by Gasteiger charge is -2.18. The van der Waals surface area contributed by atoms with Gasteiger partial charge in [-0.2, -0.15) is 0 Å². The molecule has 0 bridgehead atoms. The molecule has 0 heterocycles. The average Bonchev–Trinajstić information content (AvgIpc) is 3.00. The Bertz CT molecular complexity index is 1040. The van der Waals surface area contributed by atoms with Crippen molar-refractivity contribution in [3.8, 4) is 11.5 Å². The van der Waals surface area contributed by atoms with Crippen LogP contribution in [0.15, 0.2) is 42.2 Å². The zero-order valence-electron chi connectivity index (χ0n) is 26.8. The Kier molecular flexibility index (Phi) is 24.0. The normalized spacial score (nSPS) is 12.8. The molecule has 0 spiro atoms. The van der Waals surface area contributed by atoms with Crippen molar-refractivity contribution in [2.45, 2.75) is 108 Å². The third kappa shape index (κ3) is 17.9. The van der Waals surface area contributed by atoms with Gasteiger partial charge in [-0.15, -0.1) is 0 Å². The summed E-state index contributed by atoms with van der Waals surface area (Å²) in [6.45, 7) is 7.71. The van der Waals surface area contributed by atoms with Crippen molar-refractivity contribution < 1.29 is 18.9 Å². The predicted octanol–water partition coefficient (Wildman–Crippen LogP) is 13.4. The smallest absolute Gasteiger partial charge is 0.147 e.